The third kappa shape index (κ3) is 7.68. The number of rotatable bonds is 9. The number of carbonyl (C=O) groups excluding carboxylic acids is 3. The first-order chi connectivity index (χ1) is 16.1. The summed E-state index contributed by atoms with van der Waals surface area (Å²) in [5, 5.41) is 15.7. The molecule has 0 bridgehead atoms. The Kier molecular flexibility index (Phi) is 9.29. The smallest absolute Gasteiger partial charge is 0.408 e. The second-order valence-corrected chi connectivity index (χ2v) is 8.62. The van der Waals surface area contributed by atoms with Gasteiger partial charge in [0, 0.05) is 17.8 Å². The molecule has 1 atom stereocenters. The highest BCUT2D eigenvalue weighted by Gasteiger charge is 2.33. The molecule has 9 heteroatoms. The highest BCUT2D eigenvalue weighted by molar-refractivity contribution is 5.98. The van der Waals surface area contributed by atoms with Crippen molar-refractivity contribution in [1.82, 2.24) is 10.2 Å². The zero-order chi connectivity index (χ0) is 25.3. The maximum Gasteiger partial charge on any atom is 0.408 e. The molecule has 0 saturated carbocycles. The van der Waals surface area contributed by atoms with Gasteiger partial charge < -0.3 is 30.1 Å². The first-order valence-electron chi connectivity index (χ1n) is 11.0. The second kappa shape index (κ2) is 11.9. The molecule has 0 aliphatic carbocycles. The van der Waals surface area contributed by atoms with Crippen molar-refractivity contribution in [3.8, 4) is 11.5 Å². The maximum absolute atomic E-state index is 13.4. The number of para-hydroxylation sites is 1. The van der Waals surface area contributed by atoms with E-state index in [1.165, 1.54) is 11.0 Å². The van der Waals surface area contributed by atoms with Gasteiger partial charge in [-0.25, -0.2) is 4.79 Å². The van der Waals surface area contributed by atoms with Gasteiger partial charge in [-0.2, -0.15) is 0 Å². The normalized spacial score (nSPS) is 11.8. The first kappa shape index (κ1) is 26.5. The number of hydrogen-bond donors (Lipinski definition) is 3. The Balaban J connectivity index is 2.31. The van der Waals surface area contributed by atoms with Crippen LogP contribution in [0.2, 0.25) is 0 Å². The maximum atomic E-state index is 13.4. The fraction of sp³-hybridized carbons (Fsp3) is 0.400. The van der Waals surface area contributed by atoms with Gasteiger partial charge in [0.2, 0.25) is 5.91 Å². The molecule has 3 N–H and O–H groups in total. The van der Waals surface area contributed by atoms with Crippen LogP contribution in [0.4, 0.5) is 10.5 Å². The number of benzene rings is 2. The monoisotopic (exact) mass is 471 g/mol. The third-order valence-electron chi connectivity index (χ3n) is 4.72. The van der Waals surface area contributed by atoms with Crippen molar-refractivity contribution in [1.29, 1.82) is 0 Å². The molecule has 2 aromatic carbocycles. The molecule has 184 valence electrons. The summed E-state index contributed by atoms with van der Waals surface area (Å²) >= 11 is 0. The van der Waals surface area contributed by atoms with E-state index in [9.17, 15) is 19.5 Å². The summed E-state index contributed by atoms with van der Waals surface area (Å²) in [6, 6.07) is 12.0. The van der Waals surface area contributed by atoms with Crippen molar-refractivity contribution >= 4 is 23.6 Å². The highest BCUT2D eigenvalue weighted by atomic mass is 16.6. The molecule has 34 heavy (non-hydrogen) atoms. The molecule has 0 radical (unpaired) electrons. The van der Waals surface area contributed by atoms with Crippen LogP contribution >= 0.6 is 0 Å². The van der Waals surface area contributed by atoms with Gasteiger partial charge in [-0.3, -0.25) is 9.59 Å². The number of nitrogens with zero attached hydrogens (tertiary/aromatic N) is 1. The van der Waals surface area contributed by atoms with E-state index in [4.69, 9.17) is 9.47 Å². The van der Waals surface area contributed by atoms with Gasteiger partial charge in [-0.15, -0.1) is 0 Å². The predicted octanol–water partition coefficient (Wildman–Crippen LogP) is 3.84. The molecule has 0 saturated heterocycles. The van der Waals surface area contributed by atoms with Crippen LogP contribution in [0.1, 0.15) is 45.7 Å². The summed E-state index contributed by atoms with van der Waals surface area (Å²) in [5.41, 5.74) is 0.0573. The number of hydrogen-bond acceptors (Lipinski definition) is 6. The lowest BCUT2D eigenvalue weighted by Crippen LogP contribution is -2.46. The van der Waals surface area contributed by atoms with Crippen molar-refractivity contribution < 1.29 is 29.0 Å². The molecule has 0 aliphatic heterocycles. The van der Waals surface area contributed by atoms with Crippen LogP contribution in [-0.4, -0.2) is 53.7 Å². The summed E-state index contributed by atoms with van der Waals surface area (Å²) in [4.78, 5) is 39.9. The number of ether oxygens (including phenoxy) is 2. The topological polar surface area (TPSA) is 117 Å². The van der Waals surface area contributed by atoms with Gasteiger partial charge in [0.1, 0.15) is 29.7 Å². The van der Waals surface area contributed by atoms with Crippen molar-refractivity contribution in [3.05, 3.63) is 54.1 Å². The summed E-state index contributed by atoms with van der Waals surface area (Å²) < 4.78 is 10.3. The standard InChI is InChI=1S/C25H33N3O6/c1-6-15-28(21(30)16-26-24(32)34-25(2,3)4)22(19-9-7-8-10-20(19)29)23(31)27-17-11-13-18(33-5)14-12-17/h7-14,22,29H,6,15-16H2,1-5H3,(H,26,32)(H,27,31). The second-order valence-electron chi connectivity index (χ2n) is 8.62. The summed E-state index contributed by atoms with van der Waals surface area (Å²) in [6.07, 6.45) is -0.183. The molecular weight excluding hydrogens is 438 g/mol. The minimum Gasteiger partial charge on any atom is -0.508 e. The van der Waals surface area contributed by atoms with Crippen molar-refractivity contribution in [2.75, 3.05) is 25.5 Å². The van der Waals surface area contributed by atoms with E-state index in [-0.39, 0.29) is 24.4 Å². The van der Waals surface area contributed by atoms with Gasteiger partial charge in [-0.05, 0) is 57.5 Å². The van der Waals surface area contributed by atoms with Crippen LogP contribution in [0.15, 0.2) is 48.5 Å². The SMILES string of the molecule is CCCN(C(=O)CNC(=O)OC(C)(C)C)C(C(=O)Nc1ccc(OC)cc1)c1ccccc1O. The van der Waals surface area contributed by atoms with Gasteiger partial charge in [-0.1, -0.05) is 25.1 Å². The lowest BCUT2D eigenvalue weighted by molar-refractivity contribution is -0.138. The summed E-state index contributed by atoms with van der Waals surface area (Å²) in [5.74, 6) is -0.491. The van der Waals surface area contributed by atoms with Crippen LogP contribution < -0.4 is 15.4 Å². The Morgan fingerprint density at radius 3 is 2.26 bits per heavy atom. The Hall–Kier alpha value is -3.75. The zero-order valence-corrected chi connectivity index (χ0v) is 20.3. The first-order valence-corrected chi connectivity index (χ1v) is 11.0. The fourth-order valence-corrected chi connectivity index (χ4v) is 3.26. The lowest BCUT2D eigenvalue weighted by Gasteiger charge is -2.31. The highest BCUT2D eigenvalue weighted by Crippen LogP contribution is 2.30. The molecule has 2 aromatic rings. The van der Waals surface area contributed by atoms with Crippen molar-refractivity contribution in [3.63, 3.8) is 0 Å². The number of amides is 3. The van der Waals surface area contributed by atoms with Crippen LogP contribution in [0, 0.1) is 0 Å². The molecule has 0 aliphatic rings. The molecular formula is C25H33N3O6. The predicted molar refractivity (Wildman–Crippen MR) is 129 cm³/mol. The fourth-order valence-electron chi connectivity index (χ4n) is 3.26. The molecule has 0 heterocycles. The number of nitrogens with one attached hydrogen (secondary N) is 2. The van der Waals surface area contributed by atoms with Crippen LogP contribution in [-0.2, 0) is 14.3 Å². The Morgan fingerprint density at radius 1 is 1.06 bits per heavy atom. The largest absolute Gasteiger partial charge is 0.508 e. The molecule has 0 aromatic heterocycles. The zero-order valence-electron chi connectivity index (χ0n) is 20.3. The van der Waals surface area contributed by atoms with Crippen LogP contribution in [0.25, 0.3) is 0 Å². The molecule has 9 nitrogen and oxygen atoms in total. The van der Waals surface area contributed by atoms with Gasteiger partial charge in [0.05, 0.1) is 7.11 Å². The average Bonchev–Trinajstić information content (AvgIpc) is 2.77. The van der Waals surface area contributed by atoms with Crippen LogP contribution in [0.3, 0.4) is 0 Å². The van der Waals surface area contributed by atoms with Crippen molar-refractivity contribution in [2.45, 2.75) is 45.8 Å². The Bertz CT molecular complexity index is 985. The number of methoxy groups -OCH3 is 1. The number of anilines is 1. The van der Waals surface area contributed by atoms with E-state index in [1.807, 2.05) is 6.92 Å². The number of carbonyl (C=O) groups is 3. The van der Waals surface area contributed by atoms with Gasteiger partial charge in [0.25, 0.3) is 5.91 Å². The van der Waals surface area contributed by atoms with E-state index in [0.29, 0.717) is 17.9 Å². The van der Waals surface area contributed by atoms with E-state index in [0.717, 1.165) is 0 Å². The summed E-state index contributed by atoms with van der Waals surface area (Å²) in [6.45, 7) is 6.88. The molecule has 3 amide bonds. The van der Waals surface area contributed by atoms with Crippen LogP contribution in [0.5, 0.6) is 11.5 Å². The summed E-state index contributed by atoms with van der Waals surface area (Å²) in [7, 11) is 1.54. The average molecular weight is 472 g/mol. The van der Waals surface area contributed by atoms with Crippen molar-refractivity contribution in [2.24, 2.45) is 0 Å². The minimum atomic E-state index is -1.13. The number of aromatic hydroxyl groups is 1. The number of phenolic OH excluding ortho intramolecular Hbond substituents is 1. The number of alkyl carbamates (subject to hydrolysis) is 1. The minimum absolute atomic E-state index is 0.119. The Morgan fingerprint density at radius 2 is 1.71 bits per heavy atom. The van der Waals surface area contributed by atoms with E-state index < -0.39 is 29.6 Å². The number of phenols is 1. The quantitative estimate of drug-likeness (QED) is 0.512. The molecule has 2 rings (SSSR count). The van der Waals surface area contributed by atoms with Gasteiger partial charge >= 0.3 is 6.09 Å². The molecule has 0 spiro atoms. The van der Waals surface area contributed by atoms with Gasteiger partial charge in [0.15, 0.2) is 0 Å². The Labute approximate surface area is 200 Å². The lowest BCUT2D eigenvalue weighted by atomic mass is 10.0. The molecule has 1 unspecified atom stereocenters. The van der Waals surface area contributed by atoms with E-state index in [2.05, 4.69) is 10.6 Å². The molecule has 0 fully saturated rings. The van der Waals surface area contributed by atoms with E-state index in [1.54, 1.807) is 70.3 Å². The third-order valence-corrected chi connectivity index (χ3v) is 4.72. The van der Waals surface area contributed by atoms with E-state index >= 15 is 0 Å².